The molecule has 0 aliphatic carbocycles. The summed E-state index contributed by atoms with van der Waals surface area (Å²) in [5.41, 5.74) is 1.11. The SMILES string of the molecule is CCOC(=O)OC1CSCCN1C(=O)[C@H](C)NC(CCc1ccccc1)C(=O)OCC. The highest BCUT2D eigenvalue weighted by molar-refractivity contribution is 7.99. The predicted molar refractivity (Wildman–Crippen MR) is 119 cm³/mol. The summed E-state index contributed by atoms with van der Waals surface area (Å²) in [5, 5.41) is 3.12. The van der Waals surface area contributed by atoms with Crippen molar-refractivity contribution in [2.24, 2.45) is 0 Å². The van der Waals surface area contributed by atoms with Gasteiger partial charge in [0, 0.05) is 12.3 Å². The van der Waals surface area contributed by atoms with Crippen LogP contribution in [-0.4, -0.2) is 72.5 Å². The molecular formula is C22H32N2O6S. The van der Waals surface area contributed by atoms with Crippen molar-refractivity contribution in [3.8, 4) is 0 Å². The molecule has 0 spiro atoms. The van der Waals surface area contributed by atoms with E-state index in [1.165, 1.54) is 4.90 Å². The molecule has 2 unspecified atom stereocenters. The lowest BCUT2D eigenvalue weighted by Crippen LogP contribution is -2.56. The fraction of sp³-hybridized carbons (Fsp3) is 0.591. The van der Waals surface area contributed by atoms with Crippen molar-refractivity contribution in [2.75, 3.05) is 31.3 Å². The van der Waals surface area contributed by atoms with E-state index in [2.05, 4.69) is 5.32 Å². The van der Waals surface area contributed by atoms with E-state index >= 15 is 0 Å². The van der Waals surface area contributed by atoms with Crippen molar-refractivity contribution in [1.82, 2.24) is 10.2 Å². The number of nitrogens with one attached hydrogen (secondary N) is 1. The van der Waals surface area contributed by atoms with Crippen LogP contribution in [-0.2, 0) is 30.2 Å². The Kier molecular flexibility index (Phi) is 10.7. The summed E-state index contributed by atoms with van der Waals surface area (Å²) in [6.07, 6.45) is -0.313. The summed E-state index contributed by atoms with van der Waals surface area (Å²) >= 11 is 1.61. The first kappa shape index (κ1) is 25.0. The third-order valence-electron chi connectivity index (χ3n) is 4.82. The molecule has 1 N–H and O–H groups in total. The Morgan fingerprint density at radius 3 is 2.55 bits per heavy atom. The van der Waals surface area contributed by atoms with Gasteiger partial charge in [-0.05, 0) is 39.2 Å². The van der Waals surface area contributed by atoms with Gasteiger partial charge in [-0.15, -0.1) is 0 Å². The van der Waals surface area contributed by atoms with E-state index < -0.39 is 24.5 Å². The molecule has 8 nitrogen and oxygen atoms in total. The number of rotatable bonds is 10. The van der Waals surface area contributed by atoms with E-state index in [-0.39, 0.29) is 25.1 Å². The third kappa shape index (κ3) is 8.06. The molecular weight excluding hydrogens is 420 g/mol. The first-order chi connectivity index (χ1) is 15.0. The molecule has 31 heavy (non-hydrogen) atoms. The molecule has 1 aromatic rings. The molecule has 0 bridgehead atoms. The van der Waals surface area contributed by atoms with E-state index in [9.17, 15) is 14.4 Å². The van der Waals surface area contributed by atoms with E-state index in [1.54, 1.807) is 32.5 Å². The molecule has 0 radical (unpaired) electrons. The molecule has 2 rings (SSSR count). The van der Waals surface area contributed by atoms with Crippen LogP contribution in [0.4, 0.5) is 4.79 Å². The first-order valence-electron chi connectivity index (χ1n) is 10.6. The normalized spacial score (nSPS) is 18.0. The maximum atomic E-state index is 13.1. The fourth-order valence-electron chi connectivity index (χ4n) is 3.28. The molecule has 1 aliphatic rings. The van der Waals surface area contributed by atoms with E-state index in [4.69, 9.17) is 14.2 Å². The minimum Gasteiger partial charge on any atom is -0.465 e. The number of ether oxygens (including phenoxy) is 3. The Labute approximate surface area is 188 Å². The Morgan fingerprint density at radius 1 is 1.16 bits per heavy atom. The zero-order valence-corrected chi connectivity index (χ0v) is 19.2. The molecule has 1 heterocycles. The summed E-state index contributed by atoms with van der Waals surface area (Å²) < 4.78 is 15.4. The highest BCUT2D eigenvalue weighted by Gasteiger charge is 2.34. The Morgan fingerprint density at radius 2 is 1.87 bits per heavy atom. The van der Waals surface area contributed by atoms with Crippen LogP contribution in [0.3, 0.4) is 0 Å². The number of benzene rings is 1. The van der Waals surface area contributed by atoms with Gasteiger partial charge in [-0.25, -0.2) is 4.79 Å². The van der Waals surface area contributed by atoms with Crippen molar-refractivity contribution in [1.29, 1.82) is 0 Å². The van der Waals surface area contributed by atoms with Crippen LogP contribution in [0.2, 0.25) is 0 Å². The predicted octanol–water partition coefficient (Wildman–Crippen LogP) is 2.60. The van der Waals surface area contributed by atoms with Crippen LogP contribution in [0.5, 0.6) is 0 Å². The van der Waals surface area contributed by atoms with Crippen molar-refractivity contribution >= 4 is 29.8 Å². The maximum absolute atomic E-state index is 13.1. The topological polar surface area (TPSA) is 94.2 Å². The second-order valence-electron chi connectivity index (χ2n) is 7.08. The van der Waals surface area contributed by atoms with E-state index in [1.807, 2.05) is 30.3 Å². The summed E-state index contributed by atoms with van der Waals surface area (Å²) in [6, 6.07) is 8.57. The smallest absolute Gasteiger partial charge is 0.465 e. The molecule has 3 atom stereocenters. The Balaban J connectivity index is 2.02. The van der Waals surface area contributed by atoms with E-state index in [0.717, 1.165) is 11.3 Å². The minimum atomic E-state index is -0.791. The lowest BCUT2D eigenvalue weighted by molar-refractivity contribution is -0.147. The molecule has 0 aromatic heterocycles. The number of nitrogens with zero attached hydrogens (tertiary/aromatic N) is 1. The molecule has 0 saturated carbocycles. The number of esters is 1. The van der Waals surface area contributed by atoms with Gasteiger partial charge in [0.15, 0.2) is 6.23 Å². The Bertz CT molecular complexity index is 717. The molecule has 9 heteroatoms. The van der Waals surface area contributed by atoms with Gasteiger partial charge in [0.1, 0.15) is 6.04 Å². The van der Waals surface area contributed by atoms with Gasteiger partial charge in [0.05, 0.1) is 25.0 Å². The number of hydrogen-bond acceptors (Lipinski definition) is 8. The molecule has 172 valence electrons. The number of thioether (sulfide) groups is 1. The molecule has 1 amide bonds. The lowest BCUT2D eigenvalue weighted by Gasteiger charge is -2.36. The van der Waals surface area contributed by atoms with Crippen molar-refractivity contribution in [2.45, 2.75) is 51.9 Å². The van der Waals surface area contributed by atoms with E-state index in [0.29, 0.717) is 25.1 Å². The summed E-state index contributed by atoms with van der Waals surface area (Å²) in [6.45, 7) is 6.07. The average Bonchev–Trinajstić information content (AvgIpc) is 2.77. The van der Waals surface area contributed by atoms with Crippen molar-refractivity contribution in [3.05, 3.63) is 35.9 Å². The number of aryl methyl sites for hydroxylation is 1. The van der Waals surface area contributed by atoms with Gasteiger partial charge < -0.3 is 19.1 Å². The quantitative estimate of drug-likeness (QED) is 0.542. The van der Waals surface area contributed by atoms with Gasteiger partial charge in [-0.2, -0.15) is 11.8 Å². The zero-order valence-electron chi connectivity index (χ0n) is 18.4. The fourth-order valence-corrected chi connectivity index (χ4v) is 4.23. The number of amides is 1. The standard InChI is InChI=1S/C22H32N2O6S/c1-4-28-21(26)18(12-11-17-9-7-6-8-10-17)23-16(3)20(25)24-13-14-31-15-19(24)30-22(27)29-5-2/h6-10,16,18-19,23H,4-5,11-15H2,1-3H3/t16-,18?,19?/m0/s1. The second-order valence-corrected chi connectivity index (χ2v) is 8.23. The maximum Gasteiger partial charge on any atom is 0.510 e. The molecule has 1 aliphatic heterocycles. The highest BCUT2D eigenvalue weighted by atomic mass is 32.2. The van der Waals surface area contributed by atoms with Crippen molar-refractivity contribution in [3.63, 3.8) is 0 Å². The van der Waals surface area contributed by atoms with Gasteiger partial charge in [0.2, 0.25) is 5.91 Å². The van der Waals surface area contributed by atoms with Crippen LogP contribution in [0.15, 0.2) is 30.3 Å². The third-order valence-corrected chi connectivity index (χ3v) is 5.81. The number of hydrogen-bond donors (Lipinski definition) is 1. The monoisotopic (exact) mass is 452 g/mol. The van der Waals surface area contributed by atoms with Crippen molar-refractivity contribution < 1.29 is 28.6 Å². The van der Waals surface area contributed by atoms with Gasteiger partial charge in [-0.3, -0.25) is 14.9 Å². The summed E-state index contributed by atoms with van der Waals surface area (Å²) in [4.78, 5) is 38.9. The molecule has 1 fully saturated rings. The summed E-state index contributed by atoms with van der Waals surface area (Å²) in [5.74, 6) is 0.610. The van der Waals surface area contributed by atoms with Gasteiger partial charge in [-0.1, -0.05) is 30.3 Å². The lowest BCUT2D eigenvalue weighted by atomic mass is 10.0. The molecule has 1 aromatic carbocycles. The van der Waals surface area contributed by atoms with Crippen LogP contribution in [0.1, 0.15) is 32.8 Å². The van der Waals surface area contributed by atoms with Crippen LogP contribution in [0, 0.1) is 0 Å². The second kappa shape index (κ2) is 13.2. The first-order valence-corrected chi connectivity index (χ1v) is 11.8. The Hall–Kier alpha value is -2.26. The number of carbonyl (C=O) groups is 3. The van der Waals surface area contributed by atoms with Gasteiger partial charge in [0.25, 0.3) is 0 Å². The van der Waals surface area contributed by atoms with Crippen LogP contribution < -0.4 is 5.32 Å². The number of carbonyl (C=O) groups excluding carboxylic acids is 3. The van der Waals surface area contributed by atoms with Crippen LogP contribution >= 0.6 is 11.8 Å². The van der Waals surface area contributed by atoms with Gasteiger partial charge >= 0.3 is 12.1 Å². The average molecular weight is 453 g/mol. The zero-order chi connectivity index (χ0) is 22.6. The summed E-state index contributed by atoms with van der Waals surface area (Å²) in [7, 11) is 0. The largest absolute Gasteiger partial charge is 0.510 e. The molecule has 1 saturated heterocycles. The van der Waals surface area contributed by atoms with Crippen LogP contribution in [0.25, 0.3) is 0 Å². The highest BCUT2D eigenvalue weighted by Crippen LogP contribution is 2.19. The minimum absolute atomic E-state index is 0.202.